The number of hydrogen-bond acceptors (Lipinski definition) is 2. The van der Waals surface area contributed by atoms with Gasteiger partial charge < -0.3 is 15.1 Å². The summed E-state index contributed by atoms with van der Waals surface area (Å²) in [6.45, 7) is 5.49. The lowest BCUT2D eigenvalue weighted by Crippen LogP contribution is -2.49. The minimum Gasteiger partial charge on any atom is -0.341 e. The van der Waals surface area contributed by atoms with Crippen LogP contribution >= 0.6 is 11.6 Å². The highest BCUT2D eigenvalue weighted by Gasteiger charge is 2.36. The SMILES string of the molecule is CCN(CC)C(=O)[C@H]1CCCN1C(=O)Nc1cccc(Cl)c1F. The maximum Gasteiger partial charge on any atom is 0.322 e. The molecule has 7 heteroatoms. The molecule has 126 valence electrons. The predicted molar refractivity (Wildman–Crippen MR) is 88.1 cm³/mol. The average Bonchev–Trinajstić information content (AvgIpc) is 3.02. The van der Waals surface area contributed by atoms with Crippen molar-refractivity contribution in [2.24, 2.45) is 0 Å². The standard InChI is InChI=1S/C16H21ClFN3O2/c1-3-20(4-2)15(22)13-9-6-10-21(13)16(23)19-12-8-5-7-11(17)14(12)18/h5,7-8,13H,3-4,6,9-10H2,1-2H3,(H,19,23)/t13-/m1/s1. The van der Waals surface area contributed by atoms with Crippen LogP contribution in [0.25, 0.3) is 0 Å². The van der Waals surface area contributed by atoms with Crippen molar-refractivity contribution >= 4 is 29.2 Å². The minimum absolute atomic E-state index is 0.0171. The van der Waals surface area contributed by atoms with Gasteiger partial charge >= 0.3 is 6.03 Å². The number of urea groups is 1. The van der Waals surface area contributed by atoms with E-state index in [4.69, 9.17) is 11.6 Å². The number of likely N-dealkylation sites (tertiary alicyclic amines) is 1. The predicted octanol–water partition coefficient (Wildman–Crippen LogP) is 3.34. The summed E-state index contributed by atoms with van der Waals surface area (Å²) in [4.78, 5) is 28.1. The van der Waals surface area contributed by atoms with E-state index < -0.39 is 17.9 Å². The zero-order valence-corrected chi connectivity index (χ0v) is 14.1. The molecular weight excluding hydrogens is 321 g/mol. The number of carbonyl (C=O) groups is 2. The largest absolute Gasteiger partial charge is 0.341 e. The third-order valence-electron chi connectivity index (χ3n) is 4.07. The van der Waals surface area contributed by atoms with Gasteiger partial charge in [-0.15, -0.1) is 0 Å². The maximum atomic E-state index is 13.9. The normalized spacial score (nSPS) is 17.2. The molecule has 1 aliphatic heterocycles. The van der Waals surface area contributed by atoms with Crippen LogP contribution < -0.4 is 5.32 Å². The van der Waals surface area contributed by atoms with Crippen molar-refractivity contribution in [2.75, 3.05) is 25.0 Å². The number of nitrogens with one attached hydrogen (secondary N) is 1. The molecule has 3 amide bonds. The molecule has 5 nitrogen and oxygen atoms in total. The van der Waals surface area contributed by atoms with Gasteiger partial charge in [-0.25, -0.2) is 9.18 Å². The summed E-state index contributed by atoms with van der Waals surface area (Å²) in [5.41, 5.74) is 0.0171. The Morgan fingerprint density at radius 3 is 2.74 bits per heavy atom. The van der Waals surface area contributed by atoms with E-state index in [0.717, 1.165) is 6.42 Å². The van der Waals surface area contributed by atoms with E-state index >= 15 is 0 Å². The van der Waals surface area contributed by atoms with Gasteiger partial charge in [-0.05, 0) is 38.8 Å². The molecule has 1 fully saturated rings. The smallest absolute Gasteiger partial charge is 0.322 e. The van der Waals surface area contributed by atoms with Gasteiger partial charge in [-0.1, -0.05) is 17.7 Å². The van der Waals surface area contributed by atoms with Crippen molar-refractivity contribution < 1.29 is 14.0 Å². The van der Waals surface area contributed by atoms with Crippen molar-refractivity contribution in [1.29, 1.82) is 0 Å². The van der Waals surface area contributed by atoms with Crippen LogP contribution in [0.2, 0.25) is 5.02 Å². The fourth-order valence-corrected chi connectivity index (χ4v) is 2.97. The maximum absolute atomic E-state index is 13.9. The van der Waals surface area contributed by atoms with Gasteiger partial charge in [-0.3, -0.25) is 4.79 Å². The second-order valence-electron chi connectivity index (χ2n) is 5.39. The van der Waals surface area contributed by atoms with Crippen LogP contribution in [0.5, 0.6) is 0 Å². The Morgan fingerprint density at radius 1 is 1.39 bits per heavy atom. The first-order valence-corrected chi connectivity index (χ1v) is 8.17. The number of hydrogen-bond donors (Lipinski definition) is 1. The quantitative estimate of drug-likeness (QED) is 0.913. The summed E-state index contributed by atoms with van der Waals surface area (Å²) in [5, 5.41) is 2.45. The monoisotopic (exact) mass is 341 g/mol. The number of nitrogens with zero attached hydrogens (tertiary/aromatic N) is 2. The summed E-state index contributed by atoms with van der Waals surface area (Å²) >= 11 is 5.71. The van der Waals surface area contributed by atoms with Crippen LogP contribution in [0.15, 0.2) is 18.2 Å². The molecule has 1 N–H and O–H groups in total. The van der Waals surface area contributed by atoms with E-state index in [1.807, 2.05) is 13.8 Å². The van der Waals surface area contributed by atoms with Crippen LogP contribution in [0.1, 0.15) is 26.7 Å². The van der Waals surface area contributed by atoms with Crippen LogP contribution in [0.4, 0.5) is 14.9 Å². The number of amides is 3. The molecule has 1 saturated heterocycles. The first-order valence-electron chi connectivity index (χ1n) is 7.80. The Labute approximate surface area is 140 Å². The highest BCUT2D eigenvalue weighted by Crippen LogP contribution is 2.24. The van der Waals surface area contributed by atoms with Crippen LogP contribution in [-0.2, 0) is 4.79 Å². The Kier molecular flexibility index (Phi) is 5.82. The third-order valence-corrected chi connectivity index (χ3v) is 4.36. The van der Waals surface area contributed by atoms with Crippen molar-refractivity contribution in [1.82, 2.24) is 9.80 Å². The number of likely N-dealkylation sites (N-methyl/N-ethyl adjacent to an activating group) is 1. The molecule has 1 heterocycles. The molecule has 23 heavy (non-hydrogen) atoms. The molecule has 1 aliphatic rings. The van der Waals surface area contributed by atoms with E-state index in [9.17, 15) is 14.0 Å². The van der Waals surface area contributed by atoms with Gasteiger partial charge in [-0.2, -0.15) is 0 Å². The molecule has 1 aromatic rings. The van der Waals surface area contributed by atoms with Gasteiger partial charge in [0.1, 0.15) is 6.04 Å². The van der Waals surface area contributed by atoms with E-state index in [1.54, 1.807) is 11.0 Å². The zero-order valence-electron chi connectivity index (χ0n) is 13.3. The molecule has 1 atom stereocenters. The average molecular weight is 342 g/mol. The van der Waals surface area contributed by atoms with Crippen LogP contribution in [0, 0.1) is 5.82 Å². The topological polar surface area (TPSA) is 52.7 Å². The number of carbonyl (C=O) groups excluding carboxylic acids is 2. The lowest BCUT2D eigenvalue weighted by molar-refractivity contribution is -0.134. The van der Waals surface area contributed by atoms with Crippen LogP contribution in [0.3, 0.4) is 0 Å². The molecule has 1 aromatic carbocycles. The van der Waals surface area contributed by atoms with Gasteiger partial charge in [0.25, 0.3) is 0 Å². The van der Waals surface area contributed by atoms with Gasteiger partial charge in [0.2, 0.25) is 5.91 Å². The summed E-state index contributed by atoms with van der Waals surface area (Å²) in [7, 11) is 0. The number of rotatable bonds is 4. The Morgan fingerprint density at radius 2 is 2.09 bits per heavy atom. The Bertz CT molecular complexity index is 593. The first-order chi connectivity index (χ1) is 11.0. The molecule has 0 radical (unpaired) electrons. The van der Waals surface area contributed by atoms with Crippen molar-refractivity contribution in [3.8, 4) is 0 Å². The fourth-order valence-electron chi connectivity index (χ4n) is 2.80. The van der Waals surface area contributed by atoms with Gasteiger partial charge in [0.05, 0.1) is 10.7 Å². The number of halogens is 2. The third kappa shape index (κ3) is 3.75. The van der Waals surface area contributed by atoms with E-state index in [1.165, 1.54) is 17.0 Å². The highest BCUT2D eigenvalue weighted by atomic mass is 35.5. The molecule has 0 unspecified atom stereocenters. The van der Waals surface area contributed by atoms with Gasteiger partial charge in [0.15, 0.2) is 5.82 Å². The summed E-state index contributed by atoms with van der Waals surface area (Å²) < 4.78 is 13.9. The Hall–Kier alpha value is -1.82. The Balaban J connectivity index is 2.11. The minimum atomic E-state index is -0.673. The molecule has 0 bridgehead atoms. The molecule has 0 spiro atoms. The van der Waals surface area contributed by atoms with E-state index in [2.05, 4.69) is 5.32 Å². The lowest BCUT2D eigenvalue weighted by Gasteiger charge is -2.29. The summed E-state index contributed by atoms with van der Waals surface area (Å²) in [6.07, 6.45) is 1.38. The van der Waals surface area contributed by atoms with Crippen LogP contribution in [-0.4, -0.2) is 47.4 Å². The van der Waals surface area contributed by atoms with E-state index in [0.29, 0.717) is 26.1 Å². The molecular formula is C16H21ClFN3O2. The van der Waals surface area contributed by atoms with Gasteiger partial charge in [0, 0.05) is 19.6 Å². The summed E-state index contributed by atoms with van der Waals surface area (Å²) in [6, 6.07) is 3.45. The highest BCUT2D eigenvalue weighted by molar-refractivity contribution is 6.31. The fraction of sp³-hybridized carbons (Fsp3) is 0.500. The van der Waals surface area contributed by atoms with Crippen molar-refractivity contribution in [3.05, 3.63) is 29.0 Å². The summed E-state index contributed by atoms with van der Waals surface area (Å²) in [5.74, 6) is -0.734. The number of benzene rings is 1. The lowest BCUT2D eigenvalue weighted by atomic mass is 10.2. The molecule has 2 rings (SSSR count). The first kappa shape index (κ1) is 17.5. The molecule has 0 aliphatic carbocycles. The molecule has 0 aromatic heterocycles. The second-order valence-corrected chi connectivity index (χ2v) is 5.80. The second kappa shape index (κ2) is 7.64. The zero-order chi connectivity index (χ0) is 17.0. The number of anilines is 1. The van der Waals surface area contributed by atoms with Crippen molar-refractivity contribution in [2.45, 2.75) is 32.7 Å². The molecule has 0 saturated carbocycles. The van der Waals surface area contributed by atoms with Crippen molar-refractivity contribution in [3.63, 3.8) is 0 Å². The van der Waals surface area contributed by atoms with E-state index in [-0.39, 0.29) is 16.6 Å².